The lowest BCUT2D eigenvalue weighted by Crippen LogP contribution is -2.49. The number of carbonyl (C=O) groups is 2. The molecule has 142 valence electrons. The number of benzene rings is 2. The molecule has 2 aromatic rings. The number of cyclic esters (lactones) is 1. The van der Waals surface area contributed by atoms with Crippen molar-refractivity contribution in [1.29, 1.82) is 0 Å². The number of carbonyl (C=O) groups excluding carboxylic acids is 2. The van der Waals surface area contributed by atoms with E-state index in [9.17, 15) is 14.0 Å². The number of rotatable bonds is 5. The van der Waals surface area contributed by atoms with E-state index < -0.39 is 11.7 Å². The van der Waals surface area contributed by atoms with Crippen molar-refractivity contribution in [2.75, 3.05) is 6.54 Å². The Morgan fingerprint density at radius 3 is 2.59 bits per heavy atom. The van der Waals surface area contributed by atoms with E-state index >= 15 is 0 Å². The normalized spacial score (nSPS) is 20.9. The van der Waals surface area contributed by atoms with Crippen LogP contribution in [0, 0.1) is 5.82 Å². The van der Waals surface area contributed by atoms with Crippen molar-refractivity contribution in [3.8, 4) is 0 Å². The number of halogens is 2. The highest BCUT2D eigenvalue weighted by Gasteiger charge is 2.44. The first kappa shape index (κ1) is 19.5. The second-order valence-electron chi connectivity index (χ2n) is 6.92. The molecule has 6 heteroatoms. The van der Waals surface area contributed by atoms with Crippen LogP contribution in [0.25, 0.3) is 0 Å². The summed E-state index contributed by atoms with van der Waals surface area (Å²) < 4.78 is 20.1. The summed E-state index contributed by atoms with van der Waals surface area (Å²) in [6, 6.07) is 13.4. The Morgan fingerprint density at radius 2 is 2.00 bits per heavy atom. The molecule has 0 aromatic heterocycles. The van der Waals surface area contributed by atoms with Gasteiger partial charge in [0.1, 0.15) is 17.2 Å². The summed E-state index contributed by atoms with van der Waals surface area (Å²) in [5, 5.41) is 0. The Morgan fingerprint density at radius 1 is 1.30 bits per heavy atom. The summed E-state index contributed by atoms with van der Waals surface area (Å²) in [6.07, 6.45) is 0.0606. The number of hydrogen-bond donors (Lipinski definition) is 0. The highest BCUT2D eigenvalue weighted by atomic mass is 79.9. The molecule has 1 aliphatic rings. The monoisotopic (exact) mass is 433 g/mol. The van der Waals surface area contributed by atoms with Crippen molar-refractivity contribution in [3.63, 3.8) is 0 Å². The molecule has 3 rings (SSSR count). The smallest absolute Gasteiger partial charge is 0.411 e. The van der Waals surface area contributed by atoms with Crippen molar-refractivity contribution < 1.29 is 18.7 Å². The molecule has 0 spiro atoms. The summed E-state index contributed by atoms with van der Waals surface area (Å²) in [5.41, 5.74) is 0.578. The minimum atomic E-state index is -1.05. The quantitative estimate of drug-likeness (QED) is 0.636. The number of Topliss-reactive ketones (excluding diaryl/α,β-unsaturated/α-hetero) is 1. The molecule has 2 aromatic carbocycles. The Balaban J connectivity index is 1.86. The maximum Gasteiger partial charge on any atom is 0.411 e. The molecule has 1 unspecified atom stereocenters. The fourth-order valence-electron chi connectivity index (χ4n) is 3.55. The zero-order valence-corrected chi connectivity index (χ0v) is 16.8. The molecular weight excluding hydrogens is 413 g/mol. The fourth-order valence-corrected chi connectivity index (χ4v) is 3.97. The van der Waals surface area contributed by atoms with Crippen LogP contribution in [0.1, 0.15) is 43.9 Å². The SMILES string of the molecule is CC(=O)CC1(c2ccc(F)cc2)CCN([C@@H](C)c2cccc(Br)c2)C(=O)O1. The molecule has 1 saturated heterocycles. The highest BCUT2D eigenvalue weighted by molar-refractivity contribution is 9.10. The van der Waals surface area contributed by atoms with Gasteiger partial charge < -0.3 is 9.64 Å². The molecule has 0 bridgehead atoms. The molecule has 4 nitrogen and oxygen atoms in total. The van der Waals surface area contributed by atoms with Crippen LogP contribution in [-0.2, 0) is 15.1 Å². The van der Waals surface area contributed by atoms with Gasteiger partial charge in [0.15, 0.2) is 0 Å². The number of ether oxygens (including phenoxy) is 1. The predicted molar refractivity (Wildman–Crippen MR) is 104 cm³/mol. The molecule has 1 fully saturated rings. The van der Waals surface area contributed by atoms with E-state index in [0.29, 0.717) is 18.5 Å². The van der Waals surface area contributed by atoms with Gasteiger partial charge in [0.05, 0.1) is 12.5 Å². The Bertz CT molecular complexity index is 855. The van der Waals surface area contributed by atoms with E-state index in [1.165, 1.54) is 19.1 Å². The van der Waals surface area contributed by atoms with Crippen LogP contribution in [-0.4, -0.2) is 23.3 Å². The van der Waals surface area contributed by atoms with Crippen LogP contribution >= 0.6 is 15.9 Å². The molecule has 1 heterocycles. The molecule has 27 heavy (non-hydrogen) atoms. The average Bonchev–Trinajstić information content (AvgIpc) is 2.61. The van der Waals surface area contributed by atoms with Crippen molar-refractivity contribution in [3.05, 3.63) is 69.9 Å². The lowest BCUT2D eigenvalue weighted by molar-refractivity contribution is -0.126. The van der Waals surface area contributed by atoms with Gasteiger partial charge in [-0.1, -0.05) is 40.2 Å². The van der Waals surface area contributed by atoms with Gasteiger partial charge in [0.2, 0.25) is 0 Å². The third-order valence-electron chi connectivity index (χ3n) is 4.98. The zero-order chi connectivity index (χ0) is 19.6. The number of ketones is 1. The van der Waals surface area contributed by atoms with Crippen LogP contribution in [0.4, 0.5) is 9.18 Å². The summed E-state index contributed by atoms with van der Waals surface area (Å²) in [4.78, 5) is 26.3. The van der Waals surface area contributed by atoms with E-state index in [2.05, 4.69) is 15.9 Å². The Labute approximate surface area is 166 Å². The summed E-state index contributed by atoms with van der Waals surface area (Å²) in [6.45, 7) is 3.85. The predicted octanol–water partition coefficient (Wildman–Crippen LogP) is 5.37. The lowest BCUT2D eigenvalue weighted by Gasteiger charge is -2.43. The van der Waals surface area contributed by atoms with Crippen LogP contribution in [0.15, 0.2) is 53.0 Å². The Hall–Kier alpha value is -2.21. The van der Waals surface area contributed by atoms with Gasteiger partial charge >= 0.3 is 6.09 Å². The molecule has 0 aliphatic carbocycles. The molecule has 0 saturated carbocycles. The van der Waals surface area contributed by atoms with Gasteiger partial charge in [-0.3, -0.25) is 4.79 Å². The van der Waals surface area contributed by atoms with Crippen LogP contribution < -0.4 is 0 Å². The topological polar surface area (TPSA) is 46.6 Å². The van der Waals surface area contributed by atoms with Crippen LogP contribution in [0.5, 0.6) is 0 Å². The van der Waals surface area contributed by atoms with Crippen molar-refractivity contribution in [2.24, 2.45) is 0 Å². The number of nitrogens with zero attached hydrogens (tertiary/aromatic N) is 1. The Kier molecular flexibility index (Phi) is 5.65. The van der Waals surface area contributed by atoms with E-state index in [0.717, 1.165) is 10.0 Å². The molecule has 0 radical (unpaired) electrons. The van der Waals surface area contributed by atoms with Gasteiger partial charge in [0.25, 0.3) is 0 Å². The van der Waals surface area contributed by atoms with Gasteiger partial charge in [-0.05, 0) is 49.2 Å². The van der Waals surface area contributed by atoms with Gasteiger partial charge in [-0.25, -0.2) is 9.18 Å². The standard InChI is InChI=1S/C21H21BrFNO3/c1-14(25)13-21(17-6-8-19(23)9-7-17)10-11-24(20(26)27-21)15(2)16-4-3-5-18(22)12-16/h3-9,12,15H,10-11,13H2,1-2H3/t15-,21?/m0/s1. The zero-order valence-electron chi connectivity index (χ0n) is 15.2. The maximum atomic E-state index is 13.3. The molecule has 1 amide bonds. The number of hydrogen-bond acceptors (Lipinski definition) is 3. The van der Waals surface area contributed by atoms with E-state index in [1.54, 1.807) is 17.0 Å². The largest absolute Gasteiger partial charge is 0.437 e. The molecule has 1 aliphatic heterocycles. The van der Waals surface area contributed by atoms with Crippen molar-refractivity contribution in [2.45, 2.75) is 38.3 Å². The second kappa shape index (κ2) is 7.80. The first-order valence-electron chi connectivity index (χ1n) is 8.81. The number of amides is 1. The molecular formula is C21H21BrFNO3. The van der Waals surface area contributed by atoms with Gasteiger partial charge in [-0.15, -0.1) is 0 Å². The van der Waals surface area contributed by atoms with Gasteiger partial charge in [0, 0.05) is 17.4 Å². The third kappa shape index (κ3) is 4.21. The molecule has 2 atom stereocenters. The first-order chi connectivity index (χ1) is 12.8. The third-order valence-corrected chi connectivity index (χ3v) is 5.47. The summed E-state index contributed by atoms with van der Waals surface area (Å²) >= 11 is 3.45. The molecule has 0 N–H and O–H groups in total. The van der Waals surface area contributed by atoms with E-state index in [-0.39, 0.29) is 24.1 Å². The van der Waals surface area contributed by atoms with E-state index in [1.807, 2.05) is 31.2 Å². The fraction of sp³-hybridized carbons (Fsp3) is 0.333. The van der Waals surface area contributed by atoms with E-state index in [4.69, 9.17) is 4.74 Å². The van der Waals surface area contributed by atoms with Crippen molar-refractivity contribution >= 4 is 27.8 Å². The van der Waals surface area contributed by atoms with Crippen LogP contribution in [0.2, 0.25) is 0 Å². The van der Waals surface area contributed by atoms with Crippen LogP contribution in [0.3, 0.4) is 0 Å². The minimum absolute atomic E-state index is 0.0729. The maximum absolute atomic E-state index is 13.3. The minimum Gasteiger partial charge on any atom is -0.437 e. The average molecular weight is 434 g/mol. The first-order valence-corrected chi connectivity index (χ1v) is 9.60. The van der Waals surface area contributed by atoms with Gasteiger partial charge in [-0.2, -0.15) is 0 Å². The summed E-state index contributed by atoms with van der Waals surface area (Å²) in [5.74, 6) is -0.454. The second-order valence-corrected chi connectivity index (χ2v) is 7.84. The highest BCUT2D eigenvalue weighted by Crippen LogP contribution is 2.40. The summed E-state index contributed by atoms with van der Waals surface area (Å²) in [7, 11) is 0. The van der Waals surface area contributed by atoms with Crippen molar-refractivity contribution in [1.82, 2.24) is 4.90 Å². The lowest BCUT2D eigenvalue weighted by atomic mass is 9.84.